The van der Waals surface area contributed by atoms with E-state index in [-0.39, 0.29) is 18.1 Å². The van der Waals surface area contributed by atoms with Crippen LogP contribution in [0.5, 0.6) is 0 Å². The summed E-state index contributed by atoms with van der Waals surface area (Å²) >= 11 is 1.49. The Labute approximate surface area is 132 Å². The molecule has 2 N–H and O–H groups in total. The van der Waals surface area contributed by atoms with Crippen molar-refractivity contribution < 1.29 is 9.90 Å². The summed E-state index contributed by atoms with van der Waals surface area (Å²) in [6.45, 7) is 0. The van der Waals surface area contributed by atoms with Gasteiger partial charge in [0.15, 0.2) is 0 Å². The molecule has 0 bridgehead atoms. The maximum absolute atomic E-state index is 12.2. The molecule has 0 aliphatic carbocycles. The van der Waals surface area contributed by atoms with Crippen molar-refractivity contribution in [3.05, 3.63) is 59.9 Å². The van der Waals surface area contributed by atoms with E-state index >= 15 is 0 Å². The van der Waals surface area contributed by atoms with E-state index in [1.807, 2.05) is 35.6 Å². The number of fused-ring (bicyclic) bond motifs is 1. The maximum Gasteiger partial charge on any atom is 0.231 e. The van der Waals surface area contributed by atoms with Gasteiger partial charge in [-0.3, -0.25) is 4.79 Å². The number of rotatable bonds is 3. The van der Waals surface area contributed by atoms with E-state index in [9.17, 15) is 9.90 Å². The third-order valence-corrected chi connectivity index (χ3v) is 4.34. The number of anilines is 1. The minimum atomic E-state index is -0.216. The number of aliphatic hydroxyl groups excluding tert-OH is 1. The lowest BCUT2D eigenvalue weighted by molar-refractivity contribution is -0.115. The first kappa shape index (κ1) is 14.5. The average molecular weight is 313 g/mol. The van der Waals surface area contributed by atoms with Crippen molar-refractivity contribution in [2.45, 2.75) is 11.3 Å². The van der Waals surface area contributed by atoms with Gasteiger partial charge in [0.2, 0.25) is 5.91 Å². The Morgan fingerprint density at radius 3 is 2.82 bits per heavy atom. The van der Waals surface area contributed by atoms with E-state index in [0.717, 1.165) is 10.5 Å². The smallest absolute Gasteiger partial charge is 0.231 e. The van der Waals surface area contributed by atoms with Gasteiger partial charge in [-0.05, 0) is 36.2 Å². The zero-order valence-corrected chi connectivity index (χ0v) is 12.8. The highest BCUT2D eigenvalue weighted by molar-refractivity contribution is 7.97. The highest BCUT2D eigenvalue weighted by Gasteiger charge is 2.24. The van der Waals surface area contributed by atoms with Gasteiger partial charge in [0.05, 0.1) is 12.1 Å². The monoisotopic (exact) mass is 313 g/mol. The van der Waals surface area contributed by atoms with Crippen molar-refractivity contribution in [2.75, 3.05) is 12.4 Å². The predicted octanol–water partition coefficient (Wildman–Crippen LogP) is 3.29. The number of aromatic nitrogens is 1. The summed E-state index contributed by atoms with van der Waals surface area (Å²) in [6.07, 6.45) is 1.70. The van der Waals surface area contributed by atoms with Gasteiger partial charge in [0.1, 0.15) is 11.6 Å². The van der Waals surface area contributed by atoms with E-state index in [0.29, 0.717) is 11.5 Å². The molecule has 1 aromatic carbocycles. The van der Waals surface area contributed by atoms with Crippen molar-refractivity contribution in [3.8, 4) is 0 Å². The molecule has 0 atom stereocenters. The Morgan fingerprint density at radius 2 is 2.05 bits per heavy atom. The van der Waals surface area contributed by atoms with E-state index in [1.54, 1.807) is 24.4 Å². The lowest BCUT2D eigenvalue weighted by atomic mass is 10.1. The van der Waals surface area contributed by atoms with Crippen molar-refractivity contribution in [2.24, 2.45) is 0 Å². The van der Waals surface area contributed by atoms with Crippen LogP contribution >= 0.6 is 11.9 Å². The zero-order valence-electron chi connectivity index (χ0n) is 12.0. The molecule has 0 saturated carbocycles. The Hall–Kier alpha value is -2.47. The molecule has 1 aromatic heterocycles. The summed E-state index contributed by atoms with van der Waals surface area (Å²) < 4.78 is 1.82. The van der Waals surface area contributed by atoms with Gasteiger partial charge in [0.25, 0.3) is 0 Å². The fourth-order valence-corrected chi connectivity index (χ4v) is 3.18. The van der Waals surface area contributed by atoms with Crippen LogP contribution in [-0.2, 0) is 4.79 Å². The van der Waals surface area contributed by atoms with Gasteiger partial charge < -0.3 is 14.7 Å². The van der Waals surface area contributed by atoms with Crippen LogP contribution in [0.15, 0.2) is 59.3 Å². The number of nitrogens with zero attached hydrogens (tertiary/aromatic N) is 2. The number of carbonyl (C=O) groups excluding carboxylic acids is 1. The number of nitrogens with one attached hydrogen (secondary N) is 1. The molecule has 1 aliphatic rings. The van der Waals surface area contributed by atoms with E-state index in [2.05, 4.69) is 10.3 Å². The lowest BCUT2D eigenvalue weighted by Gasteiger charge is -2.28. The standard InChI is InChI=1S/C16H15N3O2S/c1-19-12(10-15(20)18-14-8-4-5-9-17-14)16(21)11-6-2-3-7-13(11)22-19/h2-9,21H,10H2,1H3,(H,17,18,20). The molecule has 0 fully saturated rings. The first-order chi connectivity index (χ1) is 10.6. The summed E-state index contributed by atoms with van der Waals surface area (Å²) in [4.78, 5) is 17.2. The fourth-order valence-electron chi connectivity index (χ4n) is 2.22. The summed E-state index contributed by atoms with van der Waals surface area (Å²) in [5.41, 5.74) is 1.34. The van der Waals surface area contributed by atoms with Gasteiger partial charge in [-0.25, -0.2) is 4.98 Å². The van der Waals surface area contributed by atoms with E-state index < -0.39 is 0 Å². The summed E-state index contributed by atoms with van der Waals surface area (Å²) in [6, 6.07) is 12.9. The molecule has 2 heterocycles. The lowest BCUT2D eigenvalue weighted by Crippen LogP contribution is -2.22. The third kappa shape index (κ3) is 2.92. The summed E-state index contributed by atoms with van der Waals surface area (Å²) in [7, 11) is 1.83. The second-order valence-corrected chi connectivity index (χ2v) is 5.99. The first-order valence-electron chi connectivity index (χ1n) is 6.79. The Bertz CT molecular complexity index is 731. The predicted molar refractivity (Wildman–Crippen MR) is 87.1 cm³/mol. The van der Waals surface area contributed by atoms with Crippen LogP contribution in [0.25, 0.3) is 5.76 Å². The fraction of sp³-hybridized carbons (Fsp3) is 0.125. The van der Waals surface area contributed by atoms with Crippen LogP contribution in [0.4, 0.5) is 5.82 Å². The van der Waals surface area contributed by atoms with Crippen molar-refractivity contribution in [1.82, 2.24) is 9.29 Å². The molecule has 1 amide bonds. The Morgan fingerprint density at radius 1 is 1.27 bits per heavy atom. The molecular weight excluding hydrogens is 298 g/mol. The zero-order chi connectivity index (χ0) is 15.5. The second kappa shape index (κ2) is 6.11. The van der Waals surface area contributed by atoms with E-state index in [4.69, 9.17) is 0 Å². The molecule has 0 spiro atoms. The largest absolute Gasteiger partial charge is 0.505 e. The van der Waals surface area contributed by atoms with Crippen molar-refractivity contribution in [1.29, 1.82) is 0 Å². The normalized spacial score (nSPS) is 13.8. The van der Waals surface area contributed by atoms with Crippen molar-refractivity contribution in [3.63, 3.8) is 0 Å². The second-order valence-electron chi connectivity index (χ2n) is 4.82. The van der Waals surface area contributed by atoms with Gasteiger partial charge in [-0.2, -0.15) is 0 Å². The van der Waals surface area contributed by atoms with Crippen molar-refractivity contribution >= 4 is 29.4 Å². The SMILES string of the molecule is CN1Sc2ccccc2C(O)=C1CC(=O)Nc1ccccn1. The number of carbonyl (C=O) groups is 1. The van der Waals surface area contributed by atoms with Crippen LogP contribution in [0.2, 0.25) is 0 Å². The number of hydrogen-bond donors (Lipinski definition) is 2. The first-order valence-corrected chi connectivity index (χ1v) is 7.56. The maximum atomic E-state index is 12.2. The Kier molecular flexibility index (Phi) is 4.02. The van der Waals surface area contributed by atoms with Gasteiger partial charge >= 0.3 is 0 Å². The van der Waals surface area contributed by atoms with Gasteiger partial charge in [-0.1, -0.05) is 18.2 Å². The molecule has 2 aromatic rings. The number of amides is 1. The number of hydrogen-bond acceptors (Lipinski definition) is 5. The van der Waals surface area contributed by atoms with E-state index in [1.165, 1.54) is 11.9 Å². The van der Waals surface area contributed by atoms with Crippen LogP contribution in [0, 0.1) is 0 Å². The molecule has 112 valence electrons. The quantitative estimate of drug-likeness (QED) is 0.851. The van der Waals surface area contributed by atoms with Gasteiger partial charge in [-0.15, -0.1) is 0 Å². The molecule has 0 unspecified atom stereocenters. The molecule has 0 radical (unpaired) electrons. The number of aliphatic hydroxyl groups is 1. The highest BCUT2D eigenvalue weighted by atomic mass is 32.2. The number of benzene rings is 1. The topological polar surface area (TPSA) is 65.5 Å². The van der Waals surface area contributed by atoms with Crippen LogP contribution in [0.3, 0.4) is 0 Å². The average Bonchev–Trinajstić information content (AvgIpc) is 2.52. The summed E-state index contributed by atoms with van der Waals surface area (Å²) in [5.74, 6) is 0.430. The molecular formula is C16H15N3O2S. The molecule has 22 heavy (non-hydrogen) atoms. The molecule has 6 heteroatoms. The minimum Gasteiger partial charge on any atom is -0.505 e. The van der Waals surface area contributed by atoms with Crippen LogP contribution in [-0.4, -0.2) is 27.4 Å². The molecule has 5 nitrogen and oxygen atoms in total. The third-order valence-electron chi connectivity index (χ3n) is 3.29. The summed E-state index contributed by atoms with van der Waals surface area (Å²) in [5, 5.41) is 13.2. The van der Waals surface area contributed by atoms with Crippen LogP contribution in [0.1, 0.15) is 12.0 Å². The minimum absolute atomic E-state index is 0.0836. The molecule has 0 saturated heterocycles. The molecule has 1 aliphatic heterocycles. The highest BCUT2D eigenvalue weighted by Crippen LogP contribution is 2.39. The molecule has 3 rings (SSSR count). The Balaban J connectivity index is 1.80. The van der Waals surface area contributed by atoms with Gasteiger partial charge in [0, 0.05) is 23.7 Å². The number of pyridine rings is 1. The van der Waals surface area contributed by atoms with Crippen LogP contribution < -0.4 is 5.32 Å².